The van der Waals surface area contributed by atoms with E-state index >= 15 is 0 Å². The minimum absolute atomic E-state index is 0.134. The molecule has 26 heavy (non-hydrogen) atoms. The molecule has 0 spiro atoms. The van der Waals surface area contributed by atoms with E-state index in [-0.39, 0.29) is 12.0 Å². The molecule has 1 atom stereocenters. The van der Waals surface area contributed by atoms with Gasteiger partial charge in [0, 0.05) is 11.6 Å². The third-order valence-corrected chi connectivity index (χ3v) is 3.95. The molecule has 1 N–H and O–H groups in total. The van der Waals surface area contributed by atoms with Crippen molar-refractivity contribution >= 4 is 17.5 Å². The molecule has 0 aliphatic rings. The molecule has 2 aromatic rings. The molecular formula is C21H26ClNO3. The van der Waals surface area contributed by atoms with Crippen LogP contribution < -0.4 is 14.8 Å². The second kappa shape index (κ2) is 10.1. The second-order valence-electron chi connectivity index (χ2n) is 6.42. The number of carbonyl (C=O) groups is 1. The highest BCUT2D eigenvalue weighted by Gasteiger charge is 2.14. The molecule has 0 saturated carbocycles. The predicted octanol–water partition coefficient (Wildman–Crippen LogP) is 4.64. The molecule has 0 unspecified atom stereocenters. The molecule has 0 aromatic heterocycles. The van der Waals surface area contributed by atoms with Crippen LogP contribution in [0.15, 0.2) is 48.5 Å². The van der Waals surface area contributed by atoms with Crippen LogP contribution >= 0.6 is 11.6 Å². The van der Waals surface area contributed by atoms with Crippen molar-refractivity contribution in [1.29, 1.82) is 0 Å². The fourth-order valence-corrected chi connectivity index (χ4v) is 2.63. The summed E-state index contributed by atoms with van der Waals surface area (Å²) in [4.78, 5) is 12.1. The van der Waals surface area contributed by atoms with Crippen molar-refractivity contribution in [1.82, 2.24) is 5.32 Å². The SMILES string of the molecule is CC(C)Oc1ccc(CCCNC(=O)[C@H](C)Oc2cccc(Cl)c2)cc1. The number of hydrogen-bond donors (Lipinski definition) is 1. The van der Waals surface area contributed by atoms with Gasteiger partial charge in [-0.05, 0) is 69.5 Å². The van der Waals surface area contributed by atoms with E-state index in [4.69, 9.17) is 21.1 Å². The molecule has 0 radical (unpaired) electrons. The smallest absolute Gasteiger partial charge is 0.260 e. The molecule has 140 valence electrons. The summed E-state index contributed by atoms with van der Waals surface area (Å²) in [6, 6.07) is 15.1. The molecule has 0 aliphatic carbocycles. The highest BCUT2D eigenvalue weighted by Crippen LogP contribution is 2.18. The summed E-state index contributed by atoms with van der Waals surface area (Å²) in [5.74, 6) is 1.33. The lowest BCUT2D eigenvalue weighted by Crippen LogP contribution is -2.36. The van der Waals surface area contributed by atoms with Crippen LogP contribution in [-0.4, -0.2) is 24.7 Å². The van der Waals surface area contributed by atoms with Gasteiger partial charge in [0.05, 0.1) is 6.10 Å². The lowest BCUT2D eigenvalue weighted by molar-refractivity contribution is -0.127. The Hall–Kier alpha value is -2.20. The Kier molecular flexibility index (Phi) is 7.79. The quantitative estimate of drug-likeness (QED) is 0.649. The standard InChI is InChI=1S/C21H26ClNO3/c1-15(2)25-19-11-9-17(10-12-19)6-5-13-23-21(24)16(3)26-20-8-4-7-18(22)14-20/h4,7-12,14-16H,5-6,13H2,1-3H3,(H,23,24)/t16-/m0/s1. The Balaban J connectivity index is 1.69. The van der Waals surface area contributed by atoms with Crippen molar-refractivity contribution in [2.45, 2.75) is 45.8 Å². The summed E-state index contributed by atoms with van der Waals surface area (Å²) in [5, 5.41) is 3.49. The Bertz CT molecular complexity index is 701. The molecule has 5 heteroatoms. The number of nitrogens with one attached hydrogen (secondary N) is 1. The topological polar surface area (TPSA) is 47.6 Å². The monoisotopic (exact) mass is 375 g/mol. The lowest BCUT2D eigenvalue weighted by Gasteiger charge is -2.15. The van der Waals surface area contributed by atoms with Gasteiger partial charge in [-0.15, -0.1) is 0 Å². The fourth-order valence-electron chi connectivity index (χ4n) is 2.45. The normalized spacial score (nSPS) is 11.9. The first-order chi connectivity index (χ1) is 12.4. The summed E-state index contributed by atoms with van der Waals surface area (Å²) in [6.45, 7) is 6.34. The van der Waals surface area contributed by atoms with Crippen molar-refractivity contribution in [2.75, 3.05) is 6.54 Å². The zero-order chi connectivity index (χ0) is 18.9. The van der Waals surface area contributed by atoms with Gasteiger partial charge in [0.25, 0.3) is 5.91 Å². The van der Waals surface area contributed by atoms with Crippen LogP contribution in [0.1, 0.15) is 32.8 Å². The molecule has 0 aliphatic heterocycles. The Labute approximate surface area is 160 Å². The third-order valence-electron chi connectivity index (χ3n) is 3.71. The van der Waals surface area contributed by atoms with Crippen LogP contribution in [0.2, 0.25) is 5.02 Å². The van der Waals surface area contributed by atoms with Gasteiger partial charge in [0.2, 0.25) is 0 Å². The molecule has 0 heterocycles. The molecule has 2 rings (SSSR count). The number of rotatable bonds is 9. The zero-order valence-corrected chi connectivity index (χ0v) is 16.3. The van der Waals surface area contributed by atoms with E-state index in [1.165, 1.54) is 5.56 Å². The van der Waals surface area contributed by atoms with Crippen molar-refractivity contribution in [3.8, 4) is 11.5 Å². The maximum Gasteiger partial charge on any atom is 0.260 e. The van der Waals surface area contributed by atoms with Gasteiger partial charge in [0.1, 0.15) is 11.5 Å². The lowest BCUT2D eigenvalue weighted by atomic mass is 10.1. The van der Waals surface area contributed by atoms with Gasteiger partial charge in [0.15, 0.2) is 6.10 Å². The van der Waals surface area contributed by atoms with E-state index in [0.29, 0.717) is 17.3 Å². The average Bonchev–Trinajstić information content (AvgIpc) is 2.59. The van der Waals surface area contributed by atoms with Gasteiger partial charge in [-0.25, -0.2) is 0 Å². The summed E-state index contributed by atoms with van der Waals surface area (Å²) in [5.41, 5.74) is 1.22. The molecule has 0 saturated heterocycles. The van der Waals surface area contributed by atoms with Crippen LogP contribution in [0.25, 0.3) is 0 Å². The molecule has 4 nitrogen and oxygen atoms in total. The van der Waals surface area contributed by atoms with E-state index in [1.54, 1.807) is 31.2 Å². The first-order valence-electron chi connectivity index (χ1n) is 8.89. The summed E-state index contributed by atoms with van der Waals surface area (Å²) >= 11 is 5.91. The number of hydrogen-bond acceptors (Lipinski definition) is 3. The third kappa shape index (κ3) is 6.96. The molecule has 0 bridgehead atoms. The summed E-state index contributed by atoms with van der Waals surface area (Å²) in [6.07, 6.45) is 1.36. The van der Waals surface area contributed by atoms with E-state index in [0.717, 1.165) is 18.6 Å². The molecule has 1 amide bonds. The Morgan fingerprint density at radius 1 is 1.04 bits per heavy atom. The van der Waals surface area contributed by atoms with Crippen LogP contribution in [0.4, 0.5) is 0 Å². The number of carbonyl (C=O) groups excluding carboxylic acids is 1. The average molecular weight is 376 g/mol. The van der Waals surface area contributed by atoms with Gasteiger partial charge in [-0.2, -0.15) is 0 Å². The first-order valence-corrected chi connectivity index (χ1v) is 9.27. The molecular weight excluding hydrogens is 350 g/mol. The maximum absolute atomic E-state index is 12.1. The van der Waals surface area contributed by atoms with Crippen LogP contribution in [0, 0.1) is 0 Å². The second-order valence-corrected chi connectivity index (χ2v) is 6.86. The van der Waals surface area contributed by atoms with Crippen LogP contribution in [-0.2, 0) is 11.2 Å². The predicted molar refractivity (Wildman–Crippen MR) is 105 cm³/mol. The van der Waals surface area contributed by atoms with Gasteiger partial charge in [-0.1, -0.05) is 29.8 Å². The summed E-state index contributed by atoms with van der Waals surface area (Å²) in [7, 11) is 0. The fraction of sp³-hybridized carbons (Fsp3) is 0.381. The van der Waals surface area contributed by atoms with Crippen molar-refractivity contribution in [2.24, 2.45) is 0 Å². The van der Waals surface area contributed by atoms with Crippen LogP contribution in [0.5, 0.6) is 11.5 Å². The van der Waals surface area contributed by atoms with Crippen molar-refractivity contribution in [3.05, 3.63) is 59.1 Å². The van der Waals surface area contributed by atoms with Gasteiger partial charge in [-0.3, -0.25) is 4.79 Å². The summed E-state index contributed by atoms with van der Waals surface area (Å²) < 4.78 is 11.2. The number of halogens is 1. The van der Waals surface area contributed by atoms with E-state index in [9.17, 15) is 4.79 Å². The van der Waals surface area contributed by atoms with Crippen molar-refractivity contribution < 1.29 is 14.3 Å². The minimum Gasteiger partial charge on any atom is -0.491 e. The zero-order valence-electron chi connectivity index (χ0n) is 15.5. The highest BCUT2D eigenvalue weighted by atomic mass is 35.5. The highest BCUT2D eigenvalue weighted by molar-refractivity contribution is 6.30. The van der Waals surface area contributed by atoms with Gasteiger partial charge >= 0.3 is 0 Å². The van der Waals surface area contributed by atoms with E-state index < -0.39 is 6.10 Å². The van der Waals surface area contributed by atoms with Crippen LogP contribution in [0.3, 0.4) is 0 Å². The van der Waals surface area contributed by atoms with Crippen molar-refractivity contribution in [3.63, 3.8) is 0 Å². The van der Waals surface area contributed by atoms with E-state index in [2.05, 4.69) is 17.4 Å². The molecule has 0 fully saturated rings. The minimum atomic E-state index is -0.569. The number of benzene rings is 2. The number of ether oxygens (including phenoxy) is 2. The molecule has 2 aromatic carbocycles. The largest absolute Gasteiger partial charge is 0.491 e. The first kappa shape index (κ1) is 20.1. The number of aryl methyl sites for hydroxylation is 1. The maximum atomic E-state index is 12.1. The Morgan fingerprint density at radius 2 is 1.77 bits per heavy atom. The number of amides is 1. The van der Waals surface area contributed by atoms with E-state index in [1.807, 2.05) is 26.0 Å². The van der Waals surface area contributed by atoms with Gasteiger partial charge < -0.3 is 14.8 Å². The Morgan fingerprint density at radius 3 is 2.42 bits per heavy atom.